The van der Waals surface area contributed by atoms with Gasteiger partial charge in [0.15, 0.2) is 0 Å². The van der Waals surface area contributed by atoms with Crippen LogP contribution in [0.3, 0.4) is 0 Å². The van der Waals surface area contributed by atoms with E-state index in [1.807, 2.05) is 6.92 Å². The Morgan fingerprint density at radius 3 is 2.31 bits per heavy atom. The minimum atomic E-state index is -3.49. The average Bonchev–Trinajstić information content (AvgIpc) is 3.11. The van der Waals surface area contributed by atoms with E-state index in [1.54, 1.807) is 24.3 Å². The third kappa shape index (κ3) is 3.94. The third-order valence-corrected chi connectivity index (χ3v) is 7.74. The second-order valence-electron chi connectivity index (χ2n) is 7.67. The first-order chi connectivity index (χ1) is 12.4. The summed E-state index contributed by atoms with van der Waals surface area (Å²) < 4.78 is 27.0. The normalized spacial score (nSPS) is 21.6. The van der Waals surface area contributed by atoms with Crippen molar-refractivity contribution < 1.29 is 13.2 Å². The predicted molar refractivity (Wildman–Crippen MR) is 101 cm³/mol. The highest BCUT2D eigenvalue weighted by Crippen LogP contribution is 2.30. The lowest BCUT2D eigenvalue weighted by molar-refractivity contribution is -0.128. The van der Waals surface area contributed by atoms with Crippen molar-refractivity contribution >= 4 is 15.9 Å². The average molecular weight is 380 g/mol. The fourth-order valence-corrected chi connectivity index (χ4v) is 5.48. The molecule has 1 aliphatic carbocycles. The van der Waals surface area contributed by atoms with Crippen LogP contribution in [0.25, 0.3) is 0 Å². The van der Waals surface area contributed by atoms with Gasteiger partial charge >= 0.3 is 0 Å². The molecule has 6 nitrogen and oxygen atoms in total. The first-order valence-electron chi connectivity index (χ1n) is 9.45. The van der Waals surface area contributed by atoms with E-state index in [0.717, 1.165) is 31.2 Å². The molecule has 1 aliphatic heterocycles. The summed E-state index contributed by atoms with van der Waals surface area (Å²) >= 11 is 0. The van der Waals surface area contributed by atoms with E-state index in [2.05, 4.69) is 5.32 Å². The quantitative estimate of drug-likeness (QED) is 0.816. The van der Waals surface area contributed by atoms with Gasteiger partial charge in [0.1, 0.15) is 0 Å². The van der Waals surface area contributed by atoms with Gasteiger partial charge in [0.05, 0.1) is 10.4 Å². The first kappa shape index (κ1) is 19.3. The Balaban J connectivity index is 1.60. The number of hydrogen-bond acceptors (Lipinski definition) is 4. The number of nitrogens with one attached hydrogen (secondary N) is 1. The SMILES string of the molecule is Cc1ccc(S(=O)(=O)N2CCC(C(=O)NC3(CN)CCCC3)CC2)cc1. The molecule has 0 unspecified atom stereocenters. The van der Waals surface area contributed by atoms with Crippen molar-refractivity contribution in [1.29, 1.82) is 0 Å². The number of hydrogen-bond donors (Lipinski definition) is 2. The molecule has 1 aromatic carbocycles. The van der Waals surface area contributed by atoms with Crippen molar-refractivity contribution in [2.24, 2.45) is 11.7 Å². The van der Waals surface area contributed by atoms with Crippen LogP contribution in [-0.2, 0) is 14.8 Å². The molecule has 1 aromatic rings. The molecule has 3 rings (SSSR count). The van der Waals surface area contributed by atoms with Gasteiger partial charge < -0.3 is 11.1 Å². The van der Waals surface area contributed by atoms with Crippen LogP contribution in [0.1, 0.15) is 44.1 Å². The summed E-state index contributed by atoms with van der Waals surface area (Å²) in [6.45, 7) is 3.16. The smallest absolute Gasteiger partial charge is 0.243 e. The third-order valence-electron chi connectivity index (χ3n) is 5.82. The molecule has 7 heteroatoms. The van der Waals surface area contributed by atoms with Crippen molar-refractivity contribution in [3.05, 3.63) is 29.8 Å². The fourth-order valence-electron chi connectivity index (χ4n) is 4.01. The summed E-state index contributed by atoms with van der Waals surface area (Å²) in [4.78, 5) is 13.0. The number of carbonyl (C=O) groups is 1. The summed E-state index contributed by atoms with van der Waals surface area (Å²) in [6.07, 6.45) is 5.19. The van der Waals surface area contributed by atoms with E-state index in [-0.39, 0.29) is 17.4 Å². The largest absolute Gasteiger partial charge is 0.349 e. The maximum Gasteiger partial charge on any atom is 0.243 e. The highest BCUT2D eigenvalue weighted by Gasteiger charge is 2.37. The van der Waals surface area contributed by atoms with Crippen LogP contribution < -0.4 is 11.1 Å². The van der Waals surface area contributed by atoms with Crippen molar-refractivity contribution in [3.8, 4) is 0 Å². The van der Waals surface area contributed by atoms with Gasteiger partial charge in [0, 0.05) is 25.6 Å². The second-order valence-corrected chi connectivity index (χ2v) is 9.61. The van der Waals surface area contributed by atoms with E-state index in [1.165, 1.54) is 4.31 Å². The minimum Gasteiger partial charge on any atom is -0.349 e. The van der Waals surface area contributed by atoms with Crippen LogP contribution in [0.2, 0.25) is 0 Å². The van der Waals surface area contributed by atoms with Crippen molar-refractivity contribution in [2.45, 2.75) is 55.9 Å². The van der Waals surface area contributed by atoms with Crippen LogP contribution in [0.4, 0.5) is 0 Å². The Bertz CT molecular complexity index is 732. The van der Waals surface area contributed by atoms with Gasteiger partial charge in [-0.1, -0.05) is 30.5 Å². The lowest BCUT2D eigenvalue weighted by Crippen LogP contribution is -2.54. The fraction of sp³-hybridized carbons (Fsp3) is 0.632. The number of nitrogens with two attached hydrogens (primary N) is 1. The van der Waals surface area contributed by atoms with Crippen LogP contribution in [0.5, 0.6) is 0 Å². The number of aryl methyl sites for hydroxylation is 1. The van der Waals surface area contributed by atoms with Crippen molar-refractivity contribution in [1.82, 2.24) is 9.62 Å². The van der Waals surface area contributed by atoms with Crippen LogP contribution in [-0.4, -0.2) is 43.8 Å². The van der Waals surface area contributed by atoms with Crippen LogP contribution in [0, 0.1) is 12.8 Å². The van der Waals surface area contributed by atoms with Gasteiger partial charge in [-0.05, 0) is 44.7 Å². The Labute approximate surface area is 156 Å². The molecule has 144 valence electrons. The second kappa shape index (κ2) is 7.66. The molecule has 0 atom stereocenters. The molecule has 0 radical (unpaired) electrons. The molecule has 0 spiro atoms. The maximum atomic E-state index is 12.8. The lowest BCUT2D eigenvalue weighted by Gasteiger charge is -2.34. The first-order valence-corrected chi connectivity index (χ1v) is 10.9. The predicted octanol–water partition coefficient (Wildman–Crippen LogP) is 1.78. The summed E-state index contributed by atoms with van der Waals surface area (Å²) in [7, 11) is -3.49. The lowest BCUT2D eigenvalue weighted by atomic mass is 9.93. The van der Waals surface area contributed by atoms with Gasteiger partial charge in [-0.2, -0.15) is 4.31 Å². The molecule has 1 saturated heterocycles. The number of carbonyl (C=O) groups excluding carboxylic acids is 1. The molecule has 2 aliphatic rings. The summed E-state index contributed by atoms with van der Waals surface area (Å²) in [5.74, 6) is -0.103. The standard InChI is InChI=1S/C19H29N3O3S/c1-15-4-6-17(7-5-15)26(24,25)22-12-8-16(9-13-22)18(23)21-19(14-20)10-2-3-11-19/h4-7,16H,2-3,8-14,20H2,1H3,(H,21,23). The van der Waals surface area contributed by atoms with E-state index in [0.29, 0.717) is 37.4 Å². The number of sulfonamides is 1. The summed E-state index contributed by atoms with van der Waals surface area (Å²) in [6, 6.07) is 6.91. The number of benzene rings is 1. The molecule has 3 N–H and O–H groups in total. The summed E-state index contributed by atoms with van der Waals surface area (Å²) in [5, 5.41) is 3.17. The zero-order valence-corrected chi connectivity index (χ0v) is 16.2. The molecular formula is C19H29N3O3S. The summed E-state index contributed by atoms with van der Waals surface area (Å²) in [5.41, 5.74) is 6.68. The van der Waals surface area contributed by atoms with Crippen molar-refractivity contribution in [2.75, 3.05) is 19.6 Å². The molecule has 0 aromatic heterocycles. The van der Waals surface area contributed by atoms with Crippen LogP contribution in [0.15, 0.2) is 29.2 Å². The zero-order chi connectivity index (χ0) is 18.8. The molecule has 1 amide bonds. The molecule has 1 saturated carbocycles. The zero-order valence-electron chi connectivity index (χ0n) is 15.4. The maximum absolute atomic E-state index is 12.8. The Hall–Kier alpha value is -1.44. The number of amides is 1. The molecular weight excluding hydrogens is 350 g/mol. The monoisotopic (exact) mass is 379 g/mol. The van der Waals surface area contributed by atoms with E-state index < -0.39 is 10.0 Å². The number of rotatable bonds is 5. The molecule has 26 heavy (non-hydrogen) atoms. The van der Waals surface area contributed by atoms with Gasteiger partial charge in [0.25, 0.3) is 0 Å². The Kier molecular flexibility index (Phi) is 5.69. The van der Waals surface area contributed by atoms with Crippen molar-refractivity contribution in [3.63, 3.8) is 0 Å². The number of piperidine rings is 1. The molecule has 1 heterocycles. The highest BCUT2D eigenvalue weighted by molar-refractivity contribution is 7.89. The molecule has 2 fully saturated rings. The van der Waals surface area contributed by atoms with E-state index >= 15 is 0 Å². The Morgan fingerprint density at radius 1 is 1.19 bits per heavy atom. The Morgan fingerprint density at radius 2 is 1.77 bits per heavy atom. The van der Waals surface area contributed by atoms with Crippen LogP contribution >= 0.6 is 0 Å². The highest BCUT2D eigenvalue weighted by atomic mass is 32.2. The van der Waals surface area contributed by atoms with Gasteiger partial charge in [-0.15, -0.1) is 0 Å². The van der Waals surface area contributed by atoms with Gasteiger partial charge in [-0.25, -0.2) is 8.42 Å². The topological polar surface area (TPSA) is 92.5 Å². The minimum absolute atomic E-state index is 0.0322. The van der Waals surface area contributed by atoms with Gasteiger partial charge in [0.2, 0.25) is 15.9 Å². The molecule has 0 bridgehead atoms. The van der Waals surface area contributed by atoms with Gasteiger partial charge in [-0.3, -0.25) is 4.79 Å². The number of nitrogens with zero attached hydrogens (tertiary/aromatic N) is 1. The van der Waals surface area contributed by atoms with E-state index in [9.17, 15) is 13.2 Å². The van der Waals surface area contributed by atoms with E-state index in [4.69, 9.17) is 5.73 Å².